The average Bonchev–Trinajstić information content (AvgIpc) is 2.82. The molecule has 0 fully saturated rings. The molecule has 5 nitrogen and oxygen atoms in total. The average molecular weight is 367 g/mol. The van der Waals surface area contributed by atoms with Crippen LogP contribution in [-0.4, -0.2) is 10.9 Å². The van der Waals surface area contributed by atoms with Gasteiger partial charge >= 0.3 is 0 Å². The molecule has 1 aromatic heterocycles. The summed E-state index contributed by atoms with van der Waals surface area (Å²) >= 11 is 13.1. The SMILES string of the molecule is Cc1nc(N/C=C(/C#N)C(=O)Nc2ccc(Cl)c(Cl)c2)sc1C. The van der Waals surface area contributed by atoms with Crippen LogP contribution in [0, 0.1) is 25.2 Å². The lowest BCUT2D eigenvalue weighted by Crippen LogP contribution is -2.14. The maximum atomic E-state index is 12.1. The summed E-state index contributed by atoms with van der Waals surface area (Å²) in [4.78, 5) is 17.4. The minimum atomic E-state index is -0.552. The zero-order chi connectivity index (χ0) is 17.0. The van der Waals surface area contributed by atoms with Crippen molar-refractivity contribution in [3.8, 4) is 6.07 Å². The number of rotatable bonds is 4. The third-order valence-electron chi connectivity index (χ3n) is 2.91. The number of benzene rings is 1. The van der Waals surface area contributed by atoms with E-state index >= 15 is 0 Å². The van der Waals surface area contributed by atoms with Crippen molar-refractivity contribution in [2.24, 2.45) is 0 Å². The van der Waals surface area contributed by atoms with Gasteiger partial charge < -0.3 is 10.6 Å². The lowest BCUT2D eigenvalue weighted by atomic mass is 10.2. The van der Waals surface area contributed by atoms with Gasteiger partial charge in [0.1, 0.15) is 11.6 Å². The van der Waals surface area contributed by atoms with Gasteiger partial charge in [-0.25, -0.2) is 4.98 Å². The lowest BCUT2D eigenvalue weighted by molar-refractivity contribution is -0.112. The molecular formula is C15H12Cl2N4OS. The van der Waals surface area contributed by atoms with Crippen molar-refractivity contribution in [2.45, 2.75) is 13.8 Å². The molecule has 1 aromatic carbocycles. The normalized spacial score (nSPS) is 11.0. The molecule has 2 N–H and O–H groups in total. The smallest absolute Gasteiger partial charge is 0.267 e. The molecule has 0 bridgehead atoms. The number of hydrogen-bond donors (Lipinski definition) is 2. The molecule has 1 heterocycles. The van der Waals surface area contributed by atoms with E-state index in [4.69, 9.17) is 28.5 Å². The van der Waals surface area contributed by atoms with Gasteiger partial charge in [0.2, 0.25) is 0 Å². The van der Waals surface area contributed by atoms with E-state index in [0.29, 0.717) is 20.9 Å². The number of amides is 1. The minimum absolute atomic E-state index is 0.0819. The first kappa shape index (κ1) is 17.3. The highest BCUT2D eigenvalue weighted by molar-refractivity contribution is 7.15. The van der Waals surface area contributed by atoms with Crippen molar-refractivity contribution < 1.29 is 4.79 Å². The van der Waals surface area contributed by atoms with Crippen LogP contribution in [0.4, 0.5) is 10.8 Å². The highest BCUT2D eigenvalue weighted by Gasteiger charge is 2.11. The Morgan fingerprint density at radius 2 is 2.09 bits per heavy atom. The number of thiazole rings is 1. The van der Waals surface area contributed by atoms with Crippen molar-refractivity contribution in [3.05, 3.63) is 50.6 Å². The third-order valence-corrected chi connectivity index (χ3v) is 4.65. The fourth-order valence-corrected chi connectivity index (χ4v) is 2.67. The summed E-state index contributed by atoms with van der Waals surface area (Å²) < 4.78 is 0. The van der Waals surface area contributed by atoms with E-state index < -0.39 is 5.91 Å². The molecule has 0 aliphatic heterocycles. The Morgan fingerprint density at radius 3 is 2.65 bits per heavy atom. The number of aromatic nitrogens is 1. The molecule has 0 aliphatic rings. The van der Waals surface area contributed by atoms with E-state index in [0.717, 1.165) is 10.6 Å². The number of aryl methyl sites for hydroxylation is 2. The molecule has 23 heavy (non-hydrogen) atoms. The standard InChI is InChI=1S/C15H12Cl2N4OS/c1-8-9(2)23-15(20-8)19-7-10(6-18)14(22)21-11-3-4-12(16)13(17)5-11/h3-5,7H,1-2H3,(H,19,20)(H,21,22)/b10-7-. The van der Waals surface area contributed by atoms with Gasteiger partial charge in [-0.2, -0.15) is 5.26 Å². The first-order chi connectivity index (χ1) is 10.9. The first-order valence-corrected chi connectivity index (χ1v) is 8.05. The second-order valence-electron chi connectivity index (χ2n) is 4.56. The number of hydrogen-bond acceptors (Lipinski definition) is 5. The topological polar surface area (TPSA) is 77.8 Å². The number of halogens is 2. The number of nitrogens with zero attached hydrogens (tertiary/aromatic N) is 2. The van der Waals surface area contributed by atoms with E-state index in [1.165, 1.54) is 23.6 Å². The van der Waals surface area contributed by atoms with Crippen LogP contribution < -0.4 is 10.6 Å². The molecule has 0 aliphatic carbocycles. The number of nitriles is 1. The van der Waals surface area contributed by atoms with E-state index in [1.807, 2.05) is 19.9 Å². The Labute approximate surface area is 147 Å². The van der Waals surface area contributed by atoms with Crippen LogP contribution in [0.2, 0.25) is 10.0 Å². The number of nitrogens with one attached hydrogen (secondary N) is 2. The van der Waals surface area contributed by atoms with Gasteiger partial charge in [-0.15, -0.1) is 11.3 Å². The number of anilines is 2. The molecule has 0 spiro atoms. The van der Waals surface area contributed by atoms with Gasteiger partial charge in [0, 0.05) is 16.8 Å². The maximum absolute atomic E-state index is 12.1. The number of carbonyl (C=O) groups excluding carboxylic acids is 1. The molecule has 0 atom stereocenters. The van der Waals surface area contributed by atoms with Gasteiger partial charge in [0.05, 0.1) is 15.7 Å². The summed E-state index contributed by atoms with van der Waals surface area (Å²) in [7, 11) is 0. The van der Waals surface area contributed by atoms with E-state index in [2.05, 4.69) is 15.6 Å². The monoisotopic (exact) mass is 366 g/mol. The largest absolute Gasteiger partial charge is 0.337 e. The highest BCUT2D eigenvalue weighted by atomic mass is 35.5. The fraction of sp³-hybridized carbons (Fsp3) is 0.133. The Hall–Kier alpha value is -2.07. The molecule has 2 rings (SSSR count). The molecule has 118 valence electrons. The molecule has 0 unspecified atom stereocenters. The predicted octanol–water partition coefficient (Wildman–Crippen LogP) is 4.52. The Morgan fingerprint density at radius 1 is 1.35 bits per heavy atom. The zero-order valence-electron chi connectivity index (χ0n) is 12.3. The molecule has 0 radical (unpaired) electrons. The minimum Gasteiger partial charge on any atom is -0.337 e. The summed E-state index contributed by atoms with van der Waals surface area (Å²) in [5, 5.41) is 15.9. The molecule has 0 saturated carbocycles. The van der Waals surface area contributed by atoms with Crippen LogP contribution in [0.5, 0.6) is 0 Å². The van der Waals surface area contributed by atoms with Crippen LogP contribution in [-0.2, 0) is 4.79 Å². The maximum Gasteiger partial charge on any atom is 0.267 e. The van der Waals surface area contributed by atoms with E-state index in [1.54, 1.807) is 12.1 Å². The van der Waals surface area contributed by atoms with Gasteiger partial charge in [-0.1, -0.05) is 23.2 Å². The Balaban J connectivity index is 2.10. The van der Waals surface area contributed by atoms with Gasteiger partial charge in [0.15, 0.2) is 5.13 Å². The molecule has 0 saturated heterocycles. The second kappa shape index (κ2) is 7.47. The van der Waals surface area contributed by atoms with Crippen LogP contribution in [0.25, 0.3) is 0 Å². The van der Waals surface area contributed by atoms with Crippen LogP contribution in [0.15, 0.2) is 30.0 Å². The van der Waals surface area contributed by atoms with Crippen molar-refractivity contribution in [1.82, 2.24) is 4.98 Å². The number of carbonyl (C=O) groups is 1. The Kier molecular flexibility index (Phi) is 5.61. The van der Waals surface area contributed by atoms with E-state index in [-0.39, 0.29) is 5.57 Å². The lowest BCUT2D eigenvalue weighted by Gasteiger charge is -2.05. The molecule has 8 heteroatoms. The van der Waals surface area contributed by atoms with E-state index in [9.17, 15) is 4.79 Å². The summed E-state index contributed by atoms with van der Waals surface area (Å²) in [5.41, 5.74) is 1.28. The highest BCUT2D eigenvalue weighted by Crippen LogP contribution is 2.25. The summed E-state index contributed by atoms with van der Waals surface area (Å²) in [6.45, 7) is 3.84. The van der Waals surface area contributed by atoms with Gasteiger partial charge in [0.25, 0.3) is 5.91 Å². The second-order valence-corrected chi connectivity index (χ2v) is 6.58. The predicted molar refractivity (Wildman–Crippen MR) is 94.0 cm³/mol. The van der Waals surface area contributed by atoms with Crippen molar-refractivity contribution >= 4 is 51.3 Å². The van der Waals surface area contributed by atoms with Crippen LogP contribution in [0.1, 0.15) is 10.6 Å². The van der Waals surface area contributed by atoms with Crippen molar-refractivity contribution in [2.75, 3.05) is 10.6 Å². The van der Waals surface area contributed by atoms with Gasteiger partial charge in [-0.05, 0) is 32.0 Å². The summed E-state index contributed by atoms with van der Waals surface area (Å²) in [5.74, 6) is -0.552. The van der Waals surface area contributed by atoms with Crippen LogP contribution >= 0.6 is 34.5 Å². The van der Waals surface area contributed by atoms with Crippen molar-refractivity contribution in [1.29, 1.82) is 5.26 Å². The molecule has 2 aromatic rings. The van der Waals surface area contributed by atoms with Gasteiger partial charge in [-0.3, -0.25) is 4.79 Å². The third kappa shape index (κ3) is 4.45. The van der Waals surface area contributed by atoms with Crippen LogP contribution in [0.3, 0.4) is 0 Å². The quantitative estimate of drug-likeness (QED) is 0.615. The summed E-state index contributed by atoms with van der Waals surface area (Å²) in [6.07, 6.45) is 1.32. The summed E-state index contributed by atoms with van der Waals surface area (Å²) in [6, 6.07) is 6.52. The molecule has 1 amide bonds. The zero-order valence-corrected chi connectivity index (χ0v) is 14.6. The molecular weight excluding hydrogens is 355 g/mol. The fourth-order valence-electron chi connectivity index (χ4n) is 1.59. The Bertz CT molecular complexity index is 804. The first-order valence-electron chi connectivity index (χ1n) is 6.48. The van der Waals surface area contributed by atoms with Crippen molar-refractivity contribution in [3.63, 3.8) is 0 Å².